The molecule has 1 heteroatoms. The highest BCUT2D eigenvalue weighted by molar-refractivity contribution is 5.96. The number of allylic oxidation sites excluding steroid dienone is 2. The molecule has 0 aliphatic heterocycles. The van der Waals surface area contributed by atoms with Crippen molar-refractivity contribution < 1.29 is 4.79 Å². The van der Waals surface area contributed by atoms with E-state index in [1.165, 1.54) is 12.0 Å². The highest BCUT2D eigenvalue weighted by Gasteiger charge is 2.15. The van der Waals surface area contributed by atoms with Crippen LogP contribution in [-0.4, -0.2) is 5.78 Å². The molecule has 1 aliphatic carbocycles. The molecule has 0 N–H and O–H groups in total. The second-order valence-electron chi connectivity index (χ2n) is 3.24. The Morgan fingerprint density at radius 1 is 1.36 bits per heavy atom. The van der Waals surface area contributed by atoms with E-state index in [-0.39, 0.29) is 0 Å². The molecular weight excluding hydrogens is 136 g/mol. The summed E-state index contributed by atoms with van der Waals surface area (Å²) >= 11 is 0. The maximum atomic E-state index is 11.3. The van der Waals surface area contributed by atoms with Crippen LogP contribution >= 0.6 is 0 Å². The molecule has 62 valence electrons. The van der Waals surface area contributed by atoms with Crippen LogP contribution in [0.25, 0.3) is 0 Å². The van der Waals surface area contributed by atoms with Gasteiger partial charge in [-0.1, -0.05) is 12.5 Å². The number of carbonyl (C=O) groups excluding carboxylic acids is 1. The van der Waals surface area contributed by atoms with E-state index in [0.717, 1.165) is 31.3 Å². The lowest BCUT2D eigenvalue weighted by Gasteiger charge is -2.14. The smallest absolute Gasteiger partial charge is 0.158 e. The Kier molecular flexibility index (Phi) is 2.86. The van der Waals surface area contributed by atoms with Gasteiger partial charge in [0.25, 0.3) is 0 Å². The molecule has 11 heavy (non-hydrogen) atoms. The third kappa shape index (κ3) is 1.92. The molecule has 1 fully saturated rings. The van der Waals surface area contributed by atoms with Gasteiger partial charge in [-0.2, -0.15) is 0 Å². The second kappa shape index (κ2) is 3.70. The molecule has 0 spiro atoms. The summed E-state index contributed by atoms with van der Waals surface area (Å²) < 4.78 is 0. The molecule has 0 aromatic rings. The molecule has 0 bridgehead atoms. The van der Waals surface area contributed by atoms with Crippen LogP contribution < -0.4 is 0 Å². The van der Waals surface area contributed by atoms with E-state index in [1.54, 1.807) is 0 Å². The molecule has 1 aliphatic rings. The number of Topliss-reactive ketones (excluding diaryl/α,β-unsaturated/α-hetero) is 1. The summed E-state index contributed by atoms with van der Waals surface area (Å²) in [6.07, 6.45) is 5.14. The van der Waals surface area contributed by atoms with Crippen molar-refractivity contribution in [2.24, 2.45) is 0 Å². The maximum Gasteiger partial charge on any atom is 0.158 e. The predicted octanol–water partition coefficient (Wildman–Crippen LogP) is 2.86. The topological polar surface area (TPSA) is 17.1 Å². The van der Waals surface area contributed by atoms with Crippen LogP contribution in [0.1, 0.15) is 46.0 Å². The van der Waals surface area contributed by atoms with Gasteiger partial charge >= 0.3 is 0 Å². The van der Waals surface area contributed by atoms with Gasteiger partial charge < -0.3 is 0 Å². The van der Waals surface area contributed by atoms with Crippen LogP contribution in [-0.2, 0) is 4.79 Å². The summed E-state index contributed by atoms with van der Waals surface area (Å²) in [5, 5.41) is 0. The van der Waals surface area contributed by atoms with Gasteiger partial charge in [-0.15, -0.1) is 0 Å². The second-order valence-corrected chi connectivity index (χ2v) is 3.24. The fraction of sp³-hybridized carbons (Fsp3) is 0.700. The molecular formula is C10H16O. The van der Waals surface area contributed by atoms with Crippen LogP contribution in [0.5, 0.6) is 0 Å². The molecule has 1 nitrogen and oxygen atoms in total. The average Bonchev–Trinajstić information content (AvgIpc) is 2.04. The Balaban J connectivity index is 2.75. The number of ketones is 1. The molecule has 0 saturated heterocycles. The molecule has 1 rings (SSSR count). The van der Waals surface area contributed by atoms with Crippen molar-refractivity contribution in [1.29, 1.82) is 0 Å². The first-order chi connectivity index (χ1) is 5.25. The van der Waals surface area contributed by atoms with Gasteiger partial charge in [0.2, 0.25) is 0 Å². The van der Waals surface area contributed by atoms with Crippen molar-refractivity contribution in [2.45, 2.75) is 46.0 Å². The third-order valence-corrected chi connectivity index (χ3v) is 2.46. The fourth-order valence-corrected chi connectivity index (χ4v) is 1.54. The highest BCUT2D eigenvalue weighted by Crippen LogP contribution is 2.23. The quantitative estimate of drug-likeness (QED) is 0.528. The van der Waals surface area contributed by atoms with Crippen LogP contribution in [0.15, 0.2) is 11.1 Å². The fourth-order valence-electron chi connectivity index (χ4n) is 1.54. The Bertz CT molecular complexity index is 189. The first-order valence-electron chi connectivity index (χ1n) is 4.47. The summed E-state index contributed by atoms with van der Waals surface area (Å²) in [4.78, 5) is 11.3. The van der Waals surface area contributed by atoms with Crippen molar-refractivity contribution in [3.05, 3.63) is 11.1 Å². The Morgan fingerprint density at radius 2 is 2.00 bits per heavy atom. The lowest BCUT2D eigenvalue weighted by Crippen LogP contribution is -2.10. The summed E-state index contributed by atoms with van der Waals surface area (Å²) in [7, 11) is 0. The zero-order valence-corrected chi connectivity index (χ0v) is 7.44. The molecule has 0 radical (unpaired) electrons. The normalized spacial score (nSPS) is 23.6. The predicted molar refractivity (Wildman–Crippen MR) is 46.5 cm³/mol. The zero-order valence-electron chi connectivity index (χ0n) is 7.44. The van der Waals surface area contributed by atoms with Crippen LogP contribution in [0.3, 0.4) is 0 Å². The van der Waals surface area contributed by atoms with Crippen molar-refractivity contribution >= 4 is 5.78 Å². The van der Waals surface area contributed by atoms with E-state index in [1.807, 2.05) is 0 Å². The monoisotopic (exact) mass is 152 g/mol. The van der Waals surface area contributed by atoms with Crippen LogP contribution in [0, 0.1) is 0 Å². The minimum Gasteiger partial charge on any atom is -0.295 e. The van der Waals surface area contributed by atoms with Gasteiger partial charge in [0.05, 0.1) is 0 Å². The Morgan fingerprint density at radius 3 is 2.55 bits per heavy atom. The number of rotatable bonds is 1. The van der Waals surface area contributed by atoms with E-state index < -0.39 is 0 Å². The van der Waals surface area contributed by atoms with Gasteiger partial charge in [0, 0.05) is 6.42 Å². The van der Waals surface area contributed by atoms with E-state index in [9.17, 15) is 4.79 Å². The van der Waals surface area contributed by atoms with E-state index in [4.69, 9.17) is 0 Å². The standard InChI is InChI=1S/C10H16O/c1-3-8(2)9-6-4-5-7-10(9)11/h3-7H2,1-2H3/b9-8+. The number of hydrogen-bond acceptors (Lipinski definition) is 1. The molecule has 1 saturated carbocycles. The number of carbonyl (C=O) groups is 1. The average molecular weight is 152 g/mol. The summed E-state index contributed by atoms with van der Waals surface area (Å²) in [6.45, 7) is 4.20. The van der Waals surface area contributed by atoms with E-state index in [0.29, 0.717) is 5.78 Å². The zero-order chi connectivity index (χ0) is 8.27. The van der Waals surface area contributed by atoms with Crippen LogP contribution in [0.4, 0.5) is 0 Å². The van der Waals surface area contributed by atoms with Crippen LogP contribution in [0.2, 0.25) is 0 Å². The van der Waals surface area contributed by atoms with Crippen molar-refractivity contribution in [1.82, 2.24) is 0 Å². The molecule has 0 aromatic heterocycles. The molecule has 0 atom stereocenters. The summed E-state index contributed by atoms with van der Waals surface area (Å²) in [6, 6.07) is 0. The van der Waals surface area contributed by atoms with E-state index >= 15 is 0 Å². The van der Waals surface area contributed by atoms with Gasteiger partial charge in [-0.25, -0.2) is 0 Å². The Hall–Kier alpha value is -0.590. The van der Waals surface area contributed by atoms with Gasteiger partial charge in [0.15, 0.2) is 5.78 Å². The molecule has 0 heterocycles. The van der Waals surface area contributed by atoms with Crippen molar-refractivity contribution in [3.63, 3.8) is 0 Å². The summed E-state index contributed by atoms with van der Waals surface area (Å²) in [5.74, 6) is 0.399. The first kappa shape index (κ1) is 8.51. The first-order valence-corrected chi connectivity index (χ1v) is 4.47. The van der Waals surface area contributed by atoms with Gasteiger partial charge in [-0.3, -0.25) is 4.79 Å². The van der Waals surface area contributed by atoms with Crippen molar-refractivity contribution in [2.75, 3.05) is 0 Å². The lowest BCUT2D eigenvalue weighted by atomic mass is 9.89. The summed E-state index contributed by atoms with van der Waals surface area (Å²) in [5.41, 5.74) is 2.42. The Labute approximate surface area is 68.5 Å². The molecule has 0 aromatic carbocycles. The van der Waals surface area contributed by atoms with Gasteiger partial charge in [-0.05, 0) is 38.2 Å². The van der Waals surface area contributed by atoms with Crippen molar-refractivity contribution in [3.8, 4) is 0 Å². The molecule has 0 unspecified atom stereocenters. The number of hydrogen-bond donors (Lipinski definition) is 0. The largest absolute Gasteiger partial charge is 0.295 e. The minimum atomic E-state index is 0.399. The maximum absolute atomic E-state index is 11.3. The SMILES string of the molecule is CC/C(C)=C1\CCCCC1=O. The highest BCUT2D eigenvalue weighted by atomic mass is 16.1. The molecule has 0 amide bonds. The third-order valence-electron chi connectivity index (χ3n) is 2.46. The van der Waals surface area contributed by atoms with Gasteiger partial charge in [0.1, 0.15) is 0 Å². The minimum absolute atomic E-state index is 0.399. The van der Waals surface area contributed by atoms with E-state index in [2.05, 4.69) is 13.8 Å². The lowest BCUT2D eigenvalue weighted by molar-refractivity contribution is -0.116.